The highest BCUT2D eigenvalue weighted by Gasteiger charge is 2.27. The Kier molecular flexibility index (Phi) is 13.8. The predicted octanol–water partition coefficient (Wildman–Crippen LogP) is 3.40. The molecule has 0 fully saturated rings. The van der Waals surface area contributed by atoms with E-state index in [1.807, 2.05) is 60.7 Å². The number of esters is 1. The molecule has 0 aliphatic rings. The van der Waals surface area contributed by atoms with Gasteiger partial charge in [-0.2, -0.15) is 0 Å². The van der Waals surface area contributed by atoms with Gasteiger partial charge in [0.15, 0.2) is 0 Å². The van der Waals surface area contributed by atoms with Crippen LogP contribution in [0.4, 0.5) is 4.79 Å². The third-order valence-corrected chi connectivity index (χ3v) is 5.63. The second kappa shape index (κ2) is 17.3. The largest absolute Gasteiger partial charge is 0.460 e. The van der Waals surface area contributed by atoms with Crippen LogP contribution in [0.2, 0.25) is 0 Å². The number of rotatable bonds is 15. The summed E-state index contributed by atoms with van der Waals surface area (Å²) in [5.41, 5.74) is 12.1. The van der Waals surface area contributed by atoms with E-state index in [-0.39, 0.29) is 39.0 Å². The highest BCUT2D eigenvalue weighted by Crippen LogP contribution is 2.10. The first-order valence-electron chi connectivity index (χ1n) is 13.5. The van der Waals surface area contributed by atoms with Crippen molar-refractivity contribution in [3.8, 4) is 0 Å². The summed E-state index contributed by atoms with van der Waals surface area (Å²) in [6.07, 6.45) is -0.602. The highest BCUT2D eigenvalue weighted by molar-refractivity contribution is 5.87. The maximum absolute atomic E-state index is 13.3. The van der Waals surface area contributed by atoms with E-state index in [0.717, 1.165) is 11.1 Å². The summed E-state index contributed by atoms with van der Waals surface area (Å²) in [6.45, 7) is 5.07. The first-order valence-corrected chi connectivity index (χ1v) is 13.5. The predicted molar refractivity (Wildman–Crippen MR) is 155 cm³/mol. The molecular formula is C29H39N7O6. The molecule has 0 heterocycles. The van der Waals surface area contributed by atoms with Gasteiger partial charge >= 0.3 is 12.1 Å². The Hall–Kier alpha value is -4.61. The quantitative estimate of drug-likeness (QED) is 0.0949. The molecule has 2 aromatic carbocycles. The van der Waals surface area contributed by atoms with Crippen molar-refractivity contribution in [2.45, 2.75) is 64.3 Å². The summed E-state index contributed by atoms with van der Waals surface area (Å²) >= 11 is 0. The van der Waals surface area contributed by atoms with Crippen molar-refractivity contribution in [3.63, 3.8) is 0 Å². The lowest BCUT2D eigenvalue weighted by Gasteiger charge is -2.26. The molecule has 13 heteroatoms. The van der Waals surface area contributed by atoms with Crippen molar-refractivity contribution < 1.29 is 28.7 Å². The Morgan fingerprint density at radius 2 is 1.60 bits per heavy atom. The fourth-order valence-corrected chi connectivity index (χ4v) is 3.79. The SMILES string of the molecule is CN(CC(=O)OCc1ccccc1)NC(=O)C[C@H](CCN=[N+]=[N-])NC(=O)[C@H](Cc1ccccc1)NC(=O)OC(C)(C)C. The van der Waals surface area contributed by atoms with Crippen LogP contribution in [0.15, 0.2) is 65.8 Å². The van der Waals surface area contributed by atoms with E-state index in [1.165, 1.54) is 12.1 Å². The van der Waals surface area contributed by atoms with Crippen LogP contribution in [-0.4, -0.2) is 66.7 Å². The van der Waals surface area contributed by atoms with Gasteiger partial charge in [0.05, 0.1) is 0 Å². The van der Waals surface area contributed by atoms with Crippen molar-refractivity contribution in [1.29, 1.82) is 0 Å². The zero-order valence-electron chi connectivity index (χ0n) is 24.4. The number of likely N-dealkylation sites (N-methyl/N-ethyl adjacent to an activating group) is 1. The number of carbonyl (C=O) groups is 4. The molecule has 3 amide bonds. The molecule has 3 N–H and O–H groups in total. The standard InChI is InChI=1S/C29H39N7O6/c1-29(2,3)42-28(40)33-24(17-21-11-7-5-8-12-21)27(39)32-23(15-16-31-35-30)18-25(37)34-36(4)19-26(38)41-20-22-13-9-6-10-14-22/h5-14,23-24H,15-20H2,1-4H3,(H,32,39)(H,33,40)(H,34,37)/t23-,24-/m0/s1. The third kappa shape index (κ3) is 14.1. The van der Waals surface area contributed by atoms with Gasteiger partial charge in [-0.25, -0.2) is 9.80 Å². The Morgan fingerprint density at radius 1 is 0.976 bits per heavy atom. The molecule has 2 rings (SSSR count). The summed E-state index contributed by atoms with van der Waals surface area (Å²) in [6, 6.07) is 16.6. The van der Waals surface area contributed by atoms with Crippen LogP contribution >= 0.6 is 0 Å². The average Bonchev–Trinajstić information content (AvgIpc) is 2.91. The molecule has 0 bridgehead atoms. The van der Waals surface area contributed by atoms with Gasteiger partial charge in [-0.15, -0.1) is 0 Å². The number of hydrazine groups is 1. The first kappa shape index (κ1) is 33.6. The van der Waals surface area contributed by atoms with Crippen LogP contribution < -0.4 is 16.1 Å². The molecule has 42 heavy (non-hydrogen) atoms. The number of amides is 3. The van der Waals surface area contributed by atoms with E-state index < -0.39 is 41.6 Å². The van der Waals surface area contributed by atoms with E-state index in [9.17, 15) is 19.2 Å². The van der Waals surface area contributed by atoms with Crippen molar-refractivity contribution in [2.75, 3.05) is 20.1 Å². The molecule has 0 aromatic heterocycles. The molecule has 0 aliphatic heterocycles. The summed E-state index contributed by atoms with van der Waals surface area (Å²) in [5.74, 6) is -1.56. The van der Waals surface area contributed by atoms with Crippen molar-refractivity contribution >= 4 is 23.9 Å². The maximum atomic E-state index is 13.3. The molecular weight excluding hydrogens is 542 g/mol. The van der Waals surface area contributed by atoms with Gasteiger partial charge in [0, 0.05) is 37.4 Å². The monoisotopic (exact) mass is 581 g/mol. The fraction of sp³-hybridized carbons (Fsp3) is 0.448. The number of ether oxygens (including phenoxy) is 2. The molecule has 2 atom stereocenters. The van der Waals surface area contributed by atoms with E-state index >= 15 is 0 Å². The second-order valence-corrected chi connectivity index (χ2v) is 10.6. The number of alkyl carbamates (subject to hydrolysis) is 1. The molecule has 0 saturated carbocycles. The lowest BCUT2D eigenvalue weighted by Crippen LogP contribution is -2.53. The fourth-order valence-electron chi connectivity index (χ4n) is 3.79. The number of benzene rings is 2. The number of nitrogens with one attached hydrogen (secondary N) is 3. The Morgan fingerprint density at radius 3 is 2.19 bits per heavy atom. The molecule has 0 spiro atoms. The van der Waals surface area contributed by atoms with Crippen molar-refractivity contribution in [2.24, 2.45) is 5.11 Å². The van der Waals surface area contributed by atoms with E-state index in [0.29, 0.717) is 0 Å². The van der Waals surface area contributed by atoms with Crippen LogP contribution in [0.1, 0.15) is 44.7 Å². The molecule has 2 aromatic rings. The minimum atomic E-state index is -1.01. The molecule has 0 unspecified atom stereocenters. The third-order valence-electron chi connectivity index (χ3n) is 5.63. The topological polar surface area (TPSA) is 175 Å². The maximum Gasteiger partial charge on any atom is 0.408 e. The van der Waals surface area contributed by atoms with Crippen LogP contribution in [0.3, 0.4) is 0 Å². The van der Waals surface area contributed by atoms with Crippen LogP contribution in [0, 0.1) is 0 Å². The second-order valence-electron chi connectivity index (χ2n) is 10.6. The first-order chi connectivity index (χ1) is 19.9. The van der Waals surface area contributed by atoms with Crippen LogP contribution in [0.5, 0.6) is 0 Å². The van der Waals surface area contributed by atoms with Gasteiger partial charge in [0.25, 0.3) is 0 Å². The minimum Gasteiger partial charge on any atom is -0.460 e. The highest BCUT2D eigenvalue weighted by atomic mass is 16.6. The van der Waals surface area contributed by atoms with E-state index in [4.69, 9.17) is 15.0 Å². The zero-order valence-corrected chi connectivity index (χ0v) is 24.4. The number of nitrogens with zero attached hydrogens (tertiary/aromatic N) is 4. The van der Waals surface area contributed by atoms with Gasteiger partial charge in [-0.1, -0.05) is 65.8 Å². The lowest BCUT2D eigenvalue weighted by molar-refractivity contribution is -0.147. The molecule has 226 valence electrons. The normalized spacial score (nSPS) is 12.3. The lowest BCUT2D eigenvalue weighted by atomic mass is 10.0. The Bertz CT molecular complexity index is 1210. The van der Waals surface area contributed by atoms with Gasteiger partial charge in [0.2, 0.25) is 11.8 Å². The molecule has 0 aliphatic carbocycles. The minimum absolute atomic E-state index is 0.0270. The Balaban J connectivity index is 2.01. The Labute approximate surface area is 245 Å². The number of hydrogen-bond acceptors (Lipinski definition) is 8. The van der Waals surface area contributed by atoms with Gasteiger partial charge in [-0.3, -0.25) is 19.8 Å². The summed E-state index contributed by atoms with van der Waals surface area (Å²) in [5, 5.41) is 10.2. The van der Waals surface area contributed by atoms with Crippen LogP contribution in [0.25, 0.3) is 10.4 Å². The van der Waals surface area contributed by atoms with Crippen LogP contribution in [-0.2, 0) is 36.9 Å². The molecule has 13 nitrogen and oxygen atoms in total. The van der Waals surface area contributed by atoms with Gasteiger partial charge < -0.3 is 20.1 Å². The summed E-state index contributed by atoms with van der Waals surface area (Å²) in [4.78, 5) is 53.5. The van der Waals surface area contributed by atoms with Gasteiger partial charge in [-0.05, 0) is 43.9 Å². The van der Waals surface area contributed by atoms with Crippen molar-refractivity contribution in [1.82, 2.24) is 21.1 Å². The smallest absolute Gasteiger partial charge is 0.408 e. The molecule has 0 radical (unpaired) electrons. The van der Waals surface area contributed by atoms with E-state index in [2.05, 4.69) is 26.1 Å². The zero-order chi connectivity index (χ0) is 31.0. The summed E-state index contributed by atoms with van der Waals surface area (Å²) in [7, 11) is 1.51. The number of hydrogen-bond donors (Lipinski definition) is 3. The van der Waals surface area contributed by atoms with Gasteiger partial charge in [0.1, 0.15) is 24.8 Å². The summed E-state index contributed by atoms with van der Waals surface area (Å²) < 4.78 is 10.6. The number of carbonyl (C=O) groups excluding carboxylic acids is 4. The number of azide groups is 1. The van der Waals surface area contributed by atoms with Crippen molar-refractivity contribution in [3.05, 3.63) is 82.2 Å². The van der Waals surface area contributed by atoms with E-state index in [1.54, 1.807) is 20.8 Å². The average molecular weight is 582 g/mol. The molecule has 0 saturated heterocycles.